The van der Waals surface area contributed by atoms with Gasteiger partial charge in [0.2, 0.25) is 0 Å². The normalized spacial score (nSPS) is 18.5. The van der Waals surface area contributed by atoms with Crippen molar-refractivity contribution in [3.05, 3.63) is 53.1 Å². The summed E-state index contributed by atoms with van der Waals surface area (Å²) in [6, 6.07) is 14.8. The third kappa shape index (κ3) is 5.64. The van der Waals surface area contributed by atoms with Gasteiger partial charge in [-0.05, 0) is 87.9 Å². The highest BCUT2D eigenvalue weighted by Crippen LogP contribution is 2.56. The molecule has 0 saturated heterocycles. The van der Waals surface area contributed by atoms with Crippen LogP contribution in [0.5, 0.6) is 0 Å². The van der Waals surface area contributed by atoms with Gasteiger partial charge in [-0.1, -0.05) is 124 Å². The van der Waals surface area contributed by atoms with Crippen LogP contribution in [0.2, 0.25) is 0 Å². The lowest BCUT2D eigenvalue weighted by atomic mass is 9.85. The Morgan fingerprint density at radius 2 is 1.21 bits per heavy atom. The van der Waals surface area contributed by atoms with Gasteiger partial charge in [0.1, 0.15) is 0 Å². The van der Waals surface area contributed by atoms with E-state index < -0.39 is 0 Å². The Labute approximate surface area is 212 Å². The van der Waals surface area contributed by atoms with Crippen molar-refractivity contribution in [1.29, 1.82) is 0 Å². The molecule has 0 aliphatic heterocycles. The maximum atomic E-state index is 2.57. The molecule has 0 aromatic heterocycles. The Morgan fingerprint density at radius 3 is 1.71 bits per heavy atom. The lowest BCUT2D eigenvalue weighted by molar-refractivity contribution is 0.487. The van der Waals surface area contributed by atoms with Crippen LogP contribution in [0, 0.1) is 0 Å². The van der Waals surface area contributed by atoms with Crippen molar-refractivity contribution in [2.45, 2.75) is 135 Å². The highest BCUT2D eigenvalue weighted by atomic mass is 31.1. The summed E-state index contributed by atoms with van der Waals surface area (Å²) >= 11 is 0. The van der Waals surface area contributed by atoms with Gasteiger partial charge in [-0.25, -0.2) is 0 Å². The molecule has 0 amide bonds. The second-order valence-electron chi connectivity index (χ2n) is 12.0. The standard InChI is InChI=1S/C33H49P/c1-23(2)26-20-21-29(31(22-26)24(3)4)30-18-13-19-32(33(30)25(5)6)34(27-14-9-7-10-15-27)28-16-11-8-12-17-28/h13,18-25,27-28H,7-12,14-17H2,1-6H3. The summed E-state index contributed by atoms with van der Waals surface area (Å²) in [6.45, 7) is 14.3. The predicted octanol–water partition coefficient (Wildman–Crippen LogP) is 10.5. The molecule has 4 rings (SSSR count). The van der Waals surface area contributed by atoms with Crippen LogP contribution in [-0.4, -0.2) is 11.3 Å². The average molecular weight is 477 g/mol. The summed E-state index contributed by atoms with van der Waals surface area (Å²) in [5.74, 6) is 1.68. The molecule has 0 bridgehead atoms. The van der Waals surface area contributed by atoms with Crippen LogP contribution < -0.4 is 5.30 Å². The van der Waals surface area contributed by atoms with Crippen LogP contribution in [0.4, 0.5) is 0 Å². The molecule has 2 aromatic carbocycles. The Balaban J connectivity index is 1.86. The molecule has 2 aliphatic carbocycles. The third-order valence-corrected chi connectivity index (χ3v) is 12.1. The van der Waals surface area contributed by atoms with Gasteiger partial charge < -0.3 is 0 Å². The summed E-state index contributed by atoms with van der Waals surface area (Å²) in [4.78, 5) is 0. The minimum absolute atomic E-state index is 0.0934. The summed E-state index contributed by atoms with van der Waals surface area (Å²) in [5.41, 5.74) is 9.62. The Morgan fingerprint density at radius 1 is 0.618 bits per heavy atom. The second kappa shape index (κ2) is 11.7. The van der Waals surface area contributed by atoms with E-state index in [0.29, 0.717) is 17.8 Å². The van der Waals surface area contributed by atoms with Crippen LogP contribution in [0.25, 0.3) is 11.1 Å². The third-order valence-electron chi connectivity index (χ3n) is 8.53. The van der Waals surface area contributed by atoms with Crippen molar-refractivity contribution < 1.29 is 0 Å². The van der Waals surface area contributed by atoms with Crippen LogP contribution in [0.1, 0.15) is 140 Å². The molecule has 0 N–H and O–H groups in total. The molecular formula is C33H49P. The van der Waals surface area contributed by atoms with E-state index in [9.17, 15) is 0 Å². The average Bonchev–Trinajstić information content (AvgIpc) is 2.85. The van der Waals surface area contributed by atoms with Crippen LogP contribution >= 0.6 is 7.92 Å². The first-order valence-corrected chi connectivity index (χ1v) is 15.9. The van der Waals surface area contributed by atoms with E-state index in [1.54, 1.807) is 10.9 Å². The molecule has 2 fully saturated rings. The highest BCUT2D eigenvalue weighted by Gasteiger charge is 2.34. The molecule has 1 heteroatoms. The summed E-state index contributed by atoms with van der Waals surface area (Å²) in [5, 5.41) is 1.78. The SMILES string of the molecule is CC(C)c1ccc(-c2cccc(P(C3CCCCC3)C3CCCCC3)c2C(C)C)c(C(C)C)c1. The topological polar surface area (TPSA) is 0 Å². The lowest BCUT2D eigenvalue weighted by Gasteiger charge is -2.40. The van der Waals surface area contributed by atoms with E-state index >= 15 is 0 Å². The second-order valence-corrected chi connectivity index (χ2v) is 14.8. The van der Waals surface area contributed by atoms with Crippen molar-refractivity contribution in [3.8, 4) is 11.1 Å². The zero-order chi connectivity index (χ0) is 24.2. The zero-order valence-corrected chi connectivity index (χ0v) is 23.8. The monoisotopic (exact) mass is 476 g/mol. The summed E-state index contributed by atoms with van der Waals surface area (Å²) < 4.78 is 0. The Kier molecular flexibility index (Phi) is 8.96. The first-order chi connectivity index (χ1) is 16.4. The molecule has 34 heavy (non-hydrogen) atoms. The molecule has 0 heterocycles. The molecule has 0 unspecified atom stereocenters. The molecule has 2 aliphatic rings. The van der Waals surface area contributed by atoms with Crippen molar-refractivity contribution in [1.82, 2.24) is 0 Å². The van der Waals surface area contributed by atoms with Crippen LogP contribution in [0.3, 0.4) is 0 Å². The van der Waals surface area contributed by atoms with Gasteiger partial charge in [0, 0.05) is 0 Å². The minimum Gasteiger partial charge on any atom is -0.0686 e. The zero-order valence-electron chi connectivity index (χ0n) is 22.9. The van der Waals surface area contributed by atoms with Crippen molar-refractivity contribution in [2.75, 3.05) is 0 Å². The van der Waals surface area contributed by atoms with E-state index in [0.717, 1.165) is 11.3 Å². The van der Waals surface area contributed by atoms with Gasteiger partial charge >= 0.3 is 0 Å². The highest BCUT2D eigenvalue weighted by molar-refractivity contribution is 7.67. The Hall–Kier alpha value is -1.13. The first kappa shape index (κ1) is 25.9. The molecule has 0 spiro atoms. The quantitative estimate of drug-likeness (QED) is 0.349. The van der Waals surface area contributed by atoms with E-state index in [4.69, 9.17) is 0 Å². The van der Waals surface area contributed by atoms with Crippen molar-refractivity contribution in [3.63, 3.8) is 0 Å². The van der Waals surface area contributed by atoms with E-state index in [1.807, 2.05) is 0 Å². The van der Waals surface area contributed by atoms with Crippen molar-refractivity contribution in [2.24, 2.45) is 0 Å². The lowest BCUT2D eigenvalue weighted by Crippen LogP contribution is -2.28. The molecule has 186 valence electrons. The van der Waals surface area contributed by atoms with E-state index in [1.165, 1.54) is 86.5 Å². The van der Waals surface area contributed by atoms with Gasteiger partial charge in [-0.2, -0.15) is 0 Å². The molecule has 2 aromatic rings. The van der Waals surface area contributed by atoms with Gasteiger partial charge in [0.25, 0.3) is 0 Å². The van der Waals surface area contributed by atoms with Gasteiger partial charge in [0.15, 0.2) is 0 Å². The number of hydrogen-bond donors (Lipinski definition) is 0. The fraction of sp³-hybridized carbons (Fsp3) is 0.636. The molecule has 2 saturated carbocycles. The largest absolute Gasteiger partial charge is 0.0686 e. The summed E-state index contributed by atoms with van der Waals surface area (Å²) in [7, 11) is -0.0934. The van der Waals surface area contributed by atoms with Crippen LogP contribution in [0.15, 0.2) is 36.4 Å². The first-order valence-electron chi connectivity index (χ1n) is 14.4. The van der Waals surface area contributed by atoms with Crippen LogP contribution in [-0.2, 0) is 0 Å². The number of hydrogen-bond acceptors (Lipinski definition) is 0. The molecule has 0 atom stereocenters. The van der Waals surface area contributed by atoms with Gasteiger partial charge in [0.05, 0.1) is 0 Å². The number of benzene rings is 2. The van der Waals surface area contributed by atoms with Gasteiger partial charge in [-0.15, -0.1) is 0 Å². The van der Waals surface area contributed by atoms with E-state index in [-0.39, 0.29) is 7.92 Å². The van der Waals surface area contributed by atoms with Gasteiger partial charge in [-0.3, -0.25) is 0 Å². The molecule has 0 radical (unpaired) electrons. The molecular weight excluding hydrogens is 427 g/mol. The predicted molar refractivity (Wildman–Crippen MR) is 154 cm³/mol. The maximum absolute atomic E-state index is 2.57. The fourth-order valence-electron chi connectivity index (χ4n) is 6.69. The van der Waals surface area contributed by atoms with Crippen molar-refractivity contribution >= 4 is 13.2 Å². The maximum Gasteiger partial charge on any atom is -0.0140 e. The van der Waals surface area contributed by atoms with E-state index in [2.05, 4.69) is 77.9 Å². The minimum atomic E-state index is -0.0934. The Bertz CT molecular complexity index is 908. The summed E-state index contributed by atoms with van der Waals surface area (Å²) in [6.07, 6.45) is 14.7. The smallest absolute Gasteiger partial charge is 0.0140 e. The number of rotatable bonds is 7. The molecule has 0 nitrogen and oxygen atoms in total. The fourth-order valence-corrected chi connectivity index (χ4v) is 10.8.